The molecule has 0 bridgehead atoms. The van der Waals surface area contributed by atoms with Crippen molar-refractivity contribution in [3.8, 4) is 0 Å². The summed E-state index contributed by atoms with van der Waals surface area (Å²) in [4.78, 5) is 8.27. The maximum atomic E-state index is 12.4. The van der Waals surface area contributed by atoms with Gasteiger partial charge in [-0.2, -0.15) is 0 Å². The van der Waals surface area contributed by atoms with Crippen LogP contribution in [0.4, 0.5) is 0 Å². The Bertz CT molecular complexity index is 812. The van der Waals surface area contributed by atoms with Crippen molar-refractivity contribution in [1.82, 2.24) is 9.71 Å². The summed E-state index contributed by atoms with van der Waals surface area (Å²) in [6.07, 6.45) is 2.29. The second kappa shape index (κ2) is 5.98. The summed E-state index contributed by atoms with van der Waals surface area (Å²) in [5.41, 5.74) is 3.60. The second-order valence-corrected chi connectivity index (χ2v) is 6.93. The van der Waals surface area contributed by atoms with E-state index < -0.39 is 10.0 Å². The van der Waals surface area contributed by atoms with Gasteiger partial charge in [-0.05, 0) is 31.0 Å². The number of nitrogens with zero attached hydrogens (tertiary/aromatic N) is 2. The van der Waals surface area contributed by atoms with Crippen LogP contribution in [0.15, 0.2) is 47.6 Å². The van der Waals surface area contributed by atoms with Gasteiger partial charge in [0, 0.05) is 18.3 Å². The van der Waals surface area contributed by atoms with E-state index in [1.165, 1.54) is 5.56 Å². The minimum absolute atomic E-state index is 0.0968. The highest BCUT2D eigenvalue weighted by Gasteiger charge is 2.27. The minimum Gasteiger partial charge on any atom is -0.265 e. The van der Waals surface area contributed by atoms with E-state index in [4.69, 9.17) is 0 Å². The molecule has 2 aromatic rings. The van der Waals surface area contributed by atoms with Gasteiger partial charge in [0.25, 0.3) is 10.0 Å². The van der Waals surface area contributed by atoms with Gasteiger partial charge in [-0.15, -0.1) is 0 Å². The lowest BCUT2D eigenvalue weighted by Gasteiger charge is -2.07. The van der Waals surface area contributed by atoms with Gasteiger partial charge in [-0.25, -0.2) is 13.1 Å². The molecule has 3 rings (SSSR count). The molecule has 0 amide bonds. The lowest BCUT2D eigenvalue weighted by Crippen LogP contribution is -2.32. The topological polar surface area (TPSA) is 71.4 Å². The van der Waals surface area contributed by atoms with Gasteiger partial charge in [0.2, 0.25) is 0 Å². The van der Waals surface area contributed by atoms with Crippen molar-refractivity contribution in [2.24, 2.45) is 4.99 Å². The van der Waals surface area contributed by atoms with Crippen LogP contribution in [-0.2, 0) is 23.0 Å². The van der Waals surface area contributed by atoms with E-state index in [2.05, 4.69) is 14.7 Å². The molecule has 0 fully saturated rings. The van der Waals surface area contributed by atoms with E-state index in [0.29, 0.717) is 30.8 Å². The fourth-order valence-electron chi connectivity index (χ4n) is 2.37. The molecule has 1 aromatic heterocycles. The van der Waals surface area contributed by atoms with E-state index in [-0.39, 0.29) is 5.04 Å². The summed E-state index contributed by atoms with van der Waals surface area (Å²) in [6.45, 7) is 2.70. The lowest BCUT2D eigenvalue weighted by molar-refractivity contribution is 0.593. The number of pyridine rings is 1. The molecule has 22 heavy (non-hydrogen) atoms. The van der Waals surface area contributed by atoms with Crippen molar-refractivity contribution in [1.29, 1.82) is 0 Å². The van der Waals surface area contributed by atoms with Gasteiger partial charge in [0.15, 0.2) is 5.04 Å². The molecule has 114 valence electrons. The van der Waals surface area contributed by atoms with Crippen LogP contribution in [0, 0.1) is 6.92 Å². The molecular weight excluding hydrogens is 298 g/mol. The summed E-state index contributed by atoms with van der Waals surface area (Å²) in [5.74, 6) is 0. The Kier molecular flexibility index (Phi) is 4.04. The molecule has 2 heterocycles. The van der Waals surface area contributed by atoms with Crippen molar-refractivity contribution in [3.05, 3.63) is 65.0 Å². The predicted molar refractivity (Wildman–Crippen MR) is 86.3 cm³/mol. The van der Waals surface area contributed by atoms with Gasteiger partial charge in [0.05, 0.1) is 12.2 Å². The molecule has 0 saturated carbocycles. The van der Waals surface area contributed by atoms with Crippen molar-refractivity contribution >= 4 is 15.1 Å². The monoisotopic (exact) mass is 315 g/mol. The van der Waals surface area contributed by atoms with Crippen molar-refractivity contribution in [3.63, 3.8) is 0 Å². The molecular formula is C16H17N3O2S. The van der Waals surface area contributed by atoms with Crippen molar-refractivity contribution < 1.29 is 8.42 Å². The zero-order chi connectivity index (χ0) is 15.6. The highest BCUT2D eigenvalue weighted by atomic mass is 32.2. The van der Waals surface area contributed by atoms with Crippen molar-refractivity contribution in [2.75, 3.05) is 6.54 Å². The summed E-state index contributed by atoms with van der Waals surface area (Å²) < 4.78 is 27.4. The highest BCUT2D eigenvalue weighted by molar-refractivity contribution is 8.05. The van der Waals surface area contributed by atoms with Crippen LogP contribution in [0.3, 0.4) is 0 Å². The average Bonchev–Trinajstić information content (AvgIpc) is 2.94. The molecule has 1 N–H and O–H groups in total. The third-order valence-electron chi connectivity index (χ3n) is 3.57. The molecule has 0 unspecified atom stereocenters. The zero-order valence-corrected chi connectivity index (χ0v) is 13.1. The third-order valence-corrected chi connectivity index (χ3v) is 5.02. The van der Waals surface area contributed by atoms with Crippen molar-refractivity contribution in [2.45, 2.75) is 19.9 Å². The molecule has 1 aliphatic heterocycles. The summed E-state index contributed by atoms with van der Waals surface area (Å²) in [5, 5.41) is 0.0968. The van der Waals surface area contributed by atoms with Crippen LogP contribution in [-0.4, -0.2) is 25.0 Å². The standard InChI is InChI=1S/C16H17N3O2S/c1-12-4-6-13(7-5-12)8-10-19-22(20,21)16-14-3-2-9-17-15(14)11-18-16/h2-7,9,19H,8,10-11H2,1H3. The third kappa shape index (κ3) is 3.08. The maximum absolute atomic E-state index is 12.4. The molecule has 0 spiro atoms. The first kappa shape index (κ1) is 14.9. The number of aromatic nitrogens is 1. The van der Waals surface area contributed by atoms with E-state index in [1.807, 2.05) is 31.2 Å². The number of aliphatic imine (C=N–C) groups is 1. The largest absolute Gasteiger partial charge is 0.265 e. The first-order valence-corrected chi connectivity index (χ1v) is 8.58. The molecule has 0 saturated heterocycles. The van der Waals surface area contributed by atoms with Gasteiger partial charge < -0.3 is 0 Å². The molecule has 1 aliphatic rings. The summed E-state index contributed by atoms with van der Waals surface area (Å²) in [6, 6.07) is 11.5. The first-order chi connectivity index (χ1) is 10.6. The van der Waals surface area contributed by atoms with E-state index in [1.54, 1.807) is 18.3 Å². The molecule has 6 heteroatoms. The van der Waals surface area contributed by atoms with Gasteiger partial charge in [0.1, 0.15) is 0 Å². The van der Waals surface area contributed by atoms with Crippen LogP contribution in [0.25, 0.3) is 0 Å². The molecule has 5 nitrogen and oxygen atoms in total. The molecule has 0 atom stereocenters. The van der Waals surface area contributed by atoms with Crippen LogP contribution in [0.5, 0.6) is 0 Å². The summed E-state index contributed by atoms with van der Waals surface area (Å²) >= 11 is 0. The predicted octanol–water partition coefficient (Wildman–Crippen LogP) is 1.81. The Labute approximate surface area is 130 Å². The average molecular weight is 315 g/mol. The van der Waals surface area contributed by atoms with Crippen LogP contribution in [0.2, 0.25) is 0 Å². The number of fused-ring (bicyclic) bond motifs is 1. The number of rotatable bonds is 4. The SMILES string of the molecule is Cc1ccc(CCNS(=O)(=O)C2=NCc3ncccc32)cc1. The fourth-order valence-corrected chi connectivity index (χ4v) is 3.59. The van der Waals surface area contributed by atoms with Crippen LogP contribution >= 0.6 is 0 Å². The Morgan fingerprint density at radius 2 is 1.95 bits per heavy atom. The lowest BCUT2D eigenvalue weighted by atomic mass is 10.1. The van der Waals surface area contributed by atoms with E-state index in [0.717, 1.165) is 5.56 Å². The molecule has 0 radical (unpaired) electrons. The first-order valence-electron chi connectivity index (χ1n) is 7.10. The Hall–Kier alpha value is -2.05. The minimum atomic E-state index is -3.59. The van der Waals surface area contributed by atoms with Gasteiger partial charge >= 0.3 is 0 Å². The Morgan fingerprint density at radius 1 is 1.18 bits per heavy atom. The second-order valence-electron chi connectivity index (χ2n) is 5.25. The number of hydrogen-bond donors (Lipinski definition) is 1. The quantitative estimate of drug-likeness (QED) is 0.935. The zero-order valence-electron chi connectivity index (χ0n) is 12.3. The smallest absolute Gasteiger partial charge is 0.258 e. The fraction of sp³-hybridized carbons (Fsp3) is 0.250. The molecule has 1 aromatic carbocycles. The Balaban J connectivity index is 1.66. The van der Waals surface area contributed by atoms with Gasteiger partial charge in [-0.1, -0.05) is 29.8 Å². The number of sulfonamides is 1. The number of benzene rings is 1. The maximum Gasteiger partial charge on any atom is 0.258 e. The highest BCUT2D eigenvalue weighted by Crippen LogP contribution is 2.18. The summed E-state index contributed by atoms with van der Waals surface area (Å²) in [7, 11) is -3.59. The van der Waals surface area contributed by atoms with Gasteiger partial charge in [-0.3, -0.25) is 9.98 Å². The normalized spacial score (nSPS) is 13.8. The number of hydrogen-bond acceptors (Lipinski definition) is 4. The molecule has 0 aliphatic carbocycles. The van der Waals surface area contributed by atoms with E-state index >= 15 is 0 Å². The Morgan fingerprint density at radius 3 is 2.73 bits per heavy atom. The van der Waals surface area contributed by atoms with Crippen LogP contribution < -0.4 is 4.72 Å². The number of nitrogens with one attached hydrogen (secondary N) is 1. The number of aryl methyl sites for hydroxylation is 1. The van der Waals surface area contributed by atoms with Crippen LogP contribution in [0.1, 0.15) is 22.4 Å². The van der Waals surface area contributed by atoms with E-state index in [9.17, 15) is 8.42 Å².